The lowest BCUT2D eigenvalue weighted by atomic mass is 10.1. The molecule has 0 heterocycles. The van der Waals surface area contributed by atoms with Crippen LogP contribution in [0.1, 0.15) is 29.7 Å². The Morgan fingerprint density at radius 2 is 1.41 bits per heavy atom. The van der Waals surface area contributed by atoms with Crippen LogP contribution in [0.15, 0.2) is 82.6 Å². The third-order valence-corrected chi connectivity index (χ3v) is 8.37. The van der Waals surface area contributed by atoms with Gasteiger partial charge in [0.1, 0.15) is 6.54 Å². The fourth-order valence-electron chi connectivity index (χ4n) is 3.48. The number of nitrogens with one attached hydrogen (secondary N) is 1. The molecule has 1 atom stereocenters. The molecule has 0 aromatic heterocycles. The van der Waals surface area contributed by atoms with Crippen molar-refractivity contribution in [2.45, 2.75) is 36.6 Å². The number of sulfonamides is 1. The van der Waals surface area contributed by atoms with E-state index in [-0.39, 0.29) is 9.79 Å². The molecule has 9 heteroatoms. The van der Waals surface area contributed by atoms with E-state index in [1.165, 1.54) is 24.3 Å². The molecule has 7 nitrogen and oxygen atoms in total. The number of amides is 1. The third kappa shape index (κ3) is 5.84. The van der Waals surface area contributed by atoms with Crippen LogP contribution in [0.3, 0.4) is 0 Å². The first-order valence-electron chi connectivity index (χ1n) is 10.6. The number of carbonyl (C=O) groups is 1. The van der Waals surface area contributed by atoms with E-state index in [1.807, 2.05) is 6.92 Å². The van der Waals surface area contributed by atoms with Crippen molar-refractivity contribution in [3.05, 3.63) is 89.5 Å². The second-order valence-corrected chi connectivity index (χ2v) is 12.1. The van der Waals surface area contributed by atoms with Crippen molar-refractivity contribution in [2.24, 2.45) is 0 Å². The maximum Gasteiger partial charge on any atom is 0.264 e. The van der Waals surface area contributed by atoms with Gasteiger partial charge in [0.25, 0.3) is 10.0 Å². The van der Waals surface area contributed by atoms with Gasteiger partial charge in [0.05, 0.1) is 21.5 Å². The lowest BCUT2D eigenvalue weighted by molar-refractivity contribution is -0.120. The standard InChI is InChI=1S/C25H28N2O5S2/c1-18-9-13-23(14-10-18)34(31,32)27(24-8-6-5-7-19(24)2)17-25(28)26-20(3)21-11-15-22(16-12-21)33(4,29)30/h5-16,20H,17H2,1-4H3,(H,26,28). The molecule has 0 aliphatic rings. The van der Waals surface area contributed by atoms with E-state index in [0.717, 1.165) is 21.7 Å². The summed E-state index contributed by atoms with van der Waals surface area (Å²) in [6, 6.07) is 19.2. The number of nitrogens with zero attached hydrogens (tertiary/aromatic N) is 1. The van der Waals surface area contributed by atoms with Crippen LogP contribution in [0.4, 0.5) is 5.69 Å². The van der Waals surface area contributed by atoms with Gasteiger partial charge in [-0.2, -0.15) is 0 Å². The zero-order valence-corrected chi connectivity index (χ0v) is 21.2. The number of anilines is 1. The van der Waals surface area contributed by atoms with Gasteiger partial charge in [-0.1, -0.05) is 48.0 Å². The van der Waals surface area contributed by atoms with Crippen LogP contribution in [0.25, 0.3) is 0 Å². The van der Waals surface area contributed by atoms with E-state index in [9.17, 15) is 21.6 Å². The van der Waals surface area contributed by atoms with E-state index in [0.29, 0.717) is 11.3 Å². The van der Waals surface area contributed by atoms with E-state index in [1.54, 1.807) is 62.4 Å². The molecule has 3 aromatic carbocycles. The van der Waals surface area contributed by atoms with Crippen molar-refractivity contribution >= 4 is 31.5 Å². The third-order valence-electron chi connectivity index (χ3n) is 5.47. The molecule has 0 spiro atoms. The zero-order valence-electron chi connectivity index (χ0n) is 19.5. The van der Waals surface area contributed by atoms with Gasteiger partial charge in [-0.3, -0.25) is 9.10 Å². The topological polar surface area (TPSA) is 101 Å². The minimum Gasteiger partial charge on any atom is -0.348 e. The van der Waals surface area contributed by atoms with Gasteiger partial charge in [-0.05, 0) is 62.2 Å². The highest BCUT2D eigenvalue weighted by atomic mass is 32.2. The van der Waals surface area contributed by atoms with Crippen LogP contribution in [0.2, 0.25) is 0 Å². The Hall–Kier alpha value is -3.17. The highest BCUT2D eigenvalue weighted by Crippen LogP contribution is 2.27. The lowest BCUT2D eigenvalue weighted by Gasteiger charge is -2.26. The predicted molar refractivity (Wildman–Crippen MR) is 133 cm³/mol. The van der Waals surface area contributed by atoms with Crippen LogP contribution in [0.5, 0.6) is 0 Å². The molecule has 0 saturated carbocycles. The monoisotopic (exact) mass is 500 g/mol. The van der Waals surface area contributed by atoms with Crippen molar-refractivity contribution < 1.29 is 21.6 Å². The summed E-state index contributed by atoms with van der Waals surface area (Å²) in [4.78, 5) is 13.2. The number of para-hydroxylation sites is 1. The Morgan fingerprint density at radius 1 is 0.853 bits per heavy atom. The zero-order chi connectivity index (χ0) is 25.1. The van der Waals surface area contributed by atoms with Crippen LogP contribution in [0, 0.1) is 13.8 Å². The SMILES string of the molecule is Cc1ccc(S(=O)(=O)N(CC(=O)NC(C)c2ccc(S(C)(=O)=O)cc2)c2ccccc2C)cc1. The quantitative estimate of drug-likeness (QED) is 0.507. The molecule has 0 radical (unpaired) electrons. The molecule has 180 valence electrons. The Morgan fingerprint density at radius 3 is 1.97 bits per heavy atom. The van der Waals surface area contributed by atoms with Crippen molar-refractivity contribution in [3.8, 4) is 0 Å². The summed E-state index contributed by atoms with van der Waals surface area (Å²) in [6.07, 6.45) is 1.13. The second kappa shape index (κ2) is 9.99. The molecule has 0 bridgehead atoms. The average molecular weight is 501 g/mol. The highest BCUT2D eigenvalue weighted by molar-refractivity contribution is 7.93. The number of aryl methyl sites for hydroxylation is 2. The first kappa shape index (κ1) is 25.5. The van der Waals surface area contributed by atoms with Gasteiger partial charge in [-0.25, -0.2) is 16.8 Å². The first-order valence-corrected chi connectivity index (χ1v) is 14.0. The van der Waals surface area contributed by atoms with Crippen LogP contribution >= 0.6 is 0 Å². The molecular weight excluding hydrogens is 472 g/mol. The summed E-state index contributed by atoms with van der Waals surface area (Å²) in [7, 11) is -7.33. The summed E-state index contributed by atoms with van der Waals surface area (Å²) in [5, 5.41) is 2.81. The van der Waals surface area contributed by atoms with Gasteiger partial charge < -0.3 is 5.32 Å². The summed E-state index contributed by atoms with van der Waals surface area (Å²) in [6.45, 7) is 5.00. The fraction of sp³-hybridized carbons (Fsp3) is 0.240. The summed E-state index contributed by atoms with van der Waals surface area (Å²) in [5.41, 5.74) is 2.76. The lowest BCUT2D eigenvalue weighted by Crippen LogP contribution is -2.41. The van der Waals surface area contributed by atoms with Crippen LogP contribution in [-0.2, 0) is 24.7 Å². The summed E-state index contributed by atoms with van der Waals surface area (Å²) >= 11 is 0. The normalized spacial score (nSPS) is 12.7. The smallest absolute Gasteiger partial charge is 0.264 e. The minimum atomic E-state index is -4.01. The molecule has 3 rings (SSSR count). The molecule has 1 amide bonds. The highest BCUT2D eigenvalue weighted by Gasteiger charge is 2.28. The van der Waals surface area contributed by atoms with Gasteiger partial charge in [0, 0.05) is 6.26 Å². The number of hydrogen-bond donors (Lipinski definition) is 1. The van der Waals surface area contributed by atoms with Crippen molar-refractivity contribution in [3.63, 3.8) is 0 Å². The van der Waals surface area contributed by atoms with Gasteiger partial charge >= 0.3 is 0 Å². The first-order chi connectivity index (χ1) is 15.9. The summed E-state index contributed by atoms with van der Waals surface area (Å²) in [5.74, 6) is -0.487. The van der Waals surface area contributed by atoms with Crippen molar-refractivity contribution in [1.82, 2.24) is 5.32 Å². The number of benzene rings is 3. The predicted octanol–water partition coefficient (Wildman–Crippen LogP) is 3.78. The number of hydrogen-bond acceptors (Lipinski definition) is 5. The van der Waals surface area contributed by atoms with E-state index in [4.69, 9.17) is 0 Å². The maximum atomic E-state index is 13.5. The second-order valence-electron chi connectivity index (χ2n) is 8.24. The molecule has 1 N–H and O–H groups in total. The Kier molecular flexibility index (Phi) is 7.48. The fourth-order valence-corrected chi connectivity index (χ4v) is 5.60. The van der Waals surface area contributed by atoms with Crippen LogP contribution < -0.4 is 9.62 Å². The van der Waals surface area contributed by atoms with Gasteiger partial charge in [-0.15, -0.1) is 0 Å². The molecule has 0 fully saturated rings. The number of carbonyl (C=O) groups excluding carboxylic acids is 1. The molecule has 1 unspecified atom stereocenters. The van der Waals surface area contributed by atoms with E-state index in [2.05, 4.69) is 5.32 Å². The molecule has 3 aromatic rings. The largest absolute Gasteiger partial charge is 0.348 e. The Labute approximate surface area is 201 Å². The average Bonchev–Trinajstić information content (AvgIpc) is 2.78. The Bertz CT molecular complexity index is 1380. The van der Waals surface area contributed by atoms with Gasteiger partial charge in [0.15, 0.2) is 9.84 Å². The molecule has 0 aliphatic heterocycles. The Balaban J connectivity index is 1.87. The summed E-state index contributed by atoms with van der Waals surface area (Å²) < 4.78 is 51.5. The van der Waals surface area contributed by atoms with Crippen molar-refractivity contribution in [1.29, 1.82) is 0 Å². The van der Waals surface area contributed by atoms with Crippen molar-refractivity contribution in [2.75, 3.05) is 17.1 Å². The number of rotatable bonds is 8. The minimum absolute atomic E-state index is 0.0959. The van der Waals surface area contributed by atoms with E-state index < -0.39 is 38.4 Å². The number of sulfone groups is 1. The molecule has 0 saturated heterocycles. The van der Waals surface area contributed by atoms with Crippen LogP contribution in [-0.4, -0.2) is 35.5 Å². The van der Waals surface area contributed by atoms with E-state index >= 15 is 0 Å². The molecule has 0 aliphatic carbocycles. The molecule has 34 heavy (non-hydrogen) atoms. The van der Waals surface area contributed by atoms with Gasteiger partial charge in [0.2, 0.25) is 5.91 Å². The molecular formula is C25H28N2O5S2. The maximum absolute atomic E-state index is 13.5.